The summed E-state index contributed by atoms with van der Waals surface area (Å²) in [5.74, 6) is -1.03. The van der Waals surface area contributed by atoms with Crippen LogP contribution in [-0.2, 0) is 13.0 Å². The third-order valence-electron chi connectivity index (χ3n) is 4.76. The van der Waals surface area contributed by atoms with E-state index in [0.29, 0.717) is 29.8 Å². The molecule has 5 N–H and O–H groups in total. The van der Waals surface area contributed by atoms with Crippen LogP contribution in [0.25, 0.3) is 0 Å². The Morgan fingerprint density at radius 1 is 1.06 bits per heavy atom. The monoisotopic (exact) mass is 502 g/mol. The fraction of sp³-hybridized carbons (Fsp3) is 0.250. The Morgan fingerprint density at radius 3 is 2.14 bits per heavy atom. The highest BCUT2D eigenvalue weighted by atomic mass is 16.6. The first-order chi connectivity index (χ1) is 17.0. The Morgan fingerprint density at radius 2 is 1.64 bits per heavy atom. The highest BCUT2D eigenvalue weighted by Gasteiger charge is 2.30. The largest absolute Gasteiger partial charge is 0.497 e. The van der Waals surface area contributed by atoms with Gasteiger partial charge in [0.15, 0.2) is 0 Å². The van der Waals surface area contributed by atoms with E-state index in [1.807, 2.05) is 19.1 Å². The molecule has 16 nitrogen and oxygen atoms in total. The minimum absolute atomic E-state index is 0.135. The van der Waals surface area contributed by atoms with Gasteiger partial charge < -0.3 is 16.2 Å². The standard InChI is InChI=1S/C14H19N5O.C6H3N3O7/c1-10-12(13(20)19-14(15)18-10)3-2-6-17-9-11-4-7-16-8-5-11;10-6-4(8(13)14)1-3(7(11)12)2-5(6)9(15)16/h4-5,7-8,17H,2-3,6,9H2,1H3,(H3,15,18,19,20);1-2,10H. The minimum Gasteiger partial charge on any atom is -0.497 e. The first kappa shape index (κ1) is 27.3. The van der Waals surface area contributed by atoms with Crippen molar-refractivity contribution in [1.29, 1.82) is 0 Å². The van der Waals surface area contributed by atoms with Crippen LogP contribution in [0.4, 0.5) is 23.0 Å². The molecule has 190 valence electrons. The minimum atomic E-state index is -1.21. The van der Waals surface area contributed by atoms with Gasteiger partial charge >= 0.3 is 11.4 Å². The number of benzene rings is 1. The van der Waals surface area contributed by atoms with Gasteiger partial charge in [0.05, 0.1) is 26.9 Å². The second-order valence-electron chi connectivity index (χ2n) is 7.25. The van der Waals surface area contributed by atoms with E-state index in [4.69, 9.17) is 10.8 Å². The number of pyridine rings is 1. The first-order valence-electron chi connectivity index (χ1n) is 10.3. The summed E-state index contributed by atoms with van der Waals surface area (Å²) in [5.41, 5.74) is 4.97. The molecule has 0 spiro atoms. The first-order valence-corrected chi connectivity index (χ1v) is 10.3. The molecule has 16 heteroatoms. The number of nitrogens with zero attached hydrogens (tertiary/aromatic N) is 5. The lowest BCUT2D eigenvalue weighted by Crippen LogP contribution is -2.21. The summed E-state index contributed by atoms with van der Waals surface area (Å²) in [7, 11) is 0. The van der Waals surface area contributed by atoms with Gasteiger partial charge in [-0.1, -0.05) is 0 Å². The van der Waals surface area contributed by atoms with Crippen LogP contribution in [0, 0.1) is 37.3 Å². The van der Waals surface area contributed by atoms with Crippen LogP contribution < -0.4 is 16.6 Å². The van der Waals surface area contributed by atoms with E-state index in [9.17, 15) is 35.1 Å². The topological polar surface area (TPSA) is 246 Å². The van der Waals surface area contributed by atoms with Crippen molar-refractivity contribution < 1.29 is 19.9 Å². The molecule has 0 saturated heterocycles. The van der Waals surface area contributed by atoms with Crippen LogP contribution in [0.3, 0.4) is 0 Å². The van der Waals surface area contributed by atoms with Crippen molar-refractivity contribution in [3.05, 3.63) is 94.2 Å². The molecule has 1 aromatic carbocycles. The van der Waals surface area contributed by atoms with Gasteiger partial charge in [-0.05, 0) is 44.0 Å². The Labute approximate surface area is 202 Å². The summed E-state index contributed by atoms with van der Waals surface area (Å²) in [6.45, 7) is 3.45. The number of nitrogen functional groups attached to an aromatic ring is 1. The van der Waals surface area contributed by atoms with E-state index in [1.165, 1.54) is 5.56 Å². The quantitative estimate of drug-likeness (QED) is 0.186. The van der Waals surface area contributed by atoms with Gasteiger partial charge in [-0.3, -0.25) is 45.1 Å². The molecule has 2 heterocycles. The normalized spacial score (nSPS) is 10.2. The van der Waals surface area contributed by atoms with Gasteiger partial charge in [-0.25, -0.2) is 4.98 Å². The van der Waals surface area contributed by atoms with E-state index < -0.39 is 37.6 Å². The van der Waals surface area contributed by atoms with Gasteiger partial charge in [0.1, 0.15) is 0 Å². The van der Waals surface area contributed by atoms with Crippen molar-refractivity contribution in [1.82, 2.24) is 20.3 Å². The Bertz CT molecular complexity index is 1280. The van der Waals surface area contributed by atoms with Crippen LogP contribution in [0.15, 0.2) is 41.5 Å². The summed E-state index contributed by atoms with van der Waals surface area (Å²) in [6, 6.07) is 4.85. The van der Waals surface area contributed by atoms with E-state index in [0.717, 1.165) is 19.5 Å². The van der Waals surface area contributed by atoms with E-state index in [1.54, 1.807) is 12.4 Å². The molecule has 0 atom stereocenters. The second-order valence-corrected chi connectivity index (χ2v) is 7.25. The van der Waals surface area contributed by atoms with Crippen molar-refractivity contribution >= 4 is 23.0 Å². The number of nitro groups is 3. The highest BCUT2D eigenvalue weighted by Crippen LogP contribution is 2.38. The summed E-state index contributed by atoms with van der Waals surface area (Å²) < 4.78 is 0. The molecule has 0 aliphatic heterocycles. The average Bonchev–Trinajstić information content (AvgIpc) is 2.81. The number of rotatable bonds is 9. The van der Waals surface area contributed by atoms with Gasteiger partial charge in [0.25, 0.3) is 17.0 Å². The molecule has 0 fully saturated rings. The summed E-state index contributed by atoms with van der Waals surface area (Å²) in [4.78, 5) is 50.1. The number of phenolic OH excluding ortho intramolecular Hbond substituents is 1. The molecule has 3 aromatic rings. The average molecular weight is 502 g/mol. The maximum atomic E-state index is 11.7. The molecule has 36 heavy (non-hydrogen) atoms. The number of phenols is 1. The molecule has 3 rings (SSSR count). The van der Waals surface area contributed by atoms with Gasteiger partial charge in [0, 0.05) is 30.2 Å². The molecule has 2 aromatic heterocycles. The van der Waals surface area contributed by atoms with Crippen LogP contribution >= 0.6 is 0 Å². The van der Waals surface area contributed by atoms with Gasteiger partial charge in [-0.2, -0.15) is 0 Å². The van der Waals surface area contributed by atoms with E-state index in [-0.39, 0.29) is 11.5 Å². The molecule has 0 aliphatic rings. The lowest BCUT2D eigenvalue weighted by Gasteiger charge is -2.06. The van der Waals surface area contributed by atoms with Crippen molar-refractivity contribution in [3.63, 3.8) is 0 Å². The predicted octanol–water partition coefficient (Wildman–Crippen LogP) is 1.89. The lowest BCUT2D eigenvalue weighted by atomic mass is 10.1. The molecule has 0 unspecified atom stereocenters. The zero-order valence-corrected chi connectivity index (χ0v) is 18.9. The summed E-state index contributed by atoms with van der Waals surface area (Å²) in [5, 5.41) is 43.6. The fourth-order valence-electron chi connectivity index (χ4n) is 3.02. The Kier molecular flexibility index (Phi) is 9.44. The van der Waals surface area contributed by atoms with Crippen LogP contribution in [0.2, 0.25) is 0 Å². The number of aromatic hydroxyl groups is 1. The van der Waals surface area contributed by atoms with Gasteiger partial charge in [0.2, 0.25) is 5.95 Å². The number of hydrogen-bond acceptors (Lipinski definition) is 12. The molecule has 0 bridgehead atoms. The molecule has 0 amide bonds. The van der Waals surface area contributed by atoms with Gasteiger partial charge in [-0.15, -0.1) is 0 Å². The number of aromatic nitrogens is 3. The SMILES string of the molecule is Cc1nc(N)[nH]c(=O)c1CCCNCc1ccncc1.O=[N+]([O-])c1cc([N+](=O)[O-])c(O)c([N+](=O)[O-])c1. The second kappa shape index (κ2) is 12.5. The third-order valence-corrected chi connectivity index (χ3v) is 4.76. The van der Waals surface area contributed by atoms with Crippen molar-refractivity contribution in [2.24, 2.45) is 0 Å². The zero-order valence-electron chi connectivity index (χ0n) is 18.9. The summed E-state index contributed by atoms with van der Waals surface area (Å²) >= 11 is 0. The lowest BCUT2D eigenvalue weighted by molar-refractivity contribution is -0.404. The van der Waals surface area contributed by atoms with Crippen molar-refractivity contribution in [2.45, 2.75) is 26.3 Å². The van der Waals surface area contributed by atoms with Crippen LogP contribution in [0.1, 0.15) is 23.2 Å². The van der Waals surface area contributed by atoms with E-state index >= 15 is 0 Å². The number of aromatic amines is 1. The molecular formula is C20H22N8O8. The fourth-order valence-corrected chi connectivity index (χ4v) is 3.02. The molecule has 0 radical (unpaired) electrons. The number of nitro benzene ring substituents is 3. The highest BCUT2D eigenvalue weighted by molar-refractivity contribution is 5.64. The predicted molar refractivity (Wildman–Crippen MR) is 126 cm³/mol. The zero-order chi connectivity index (χ0) is 26.8. The van der Waals surface area contributed by atoms with Crippen molar-refractivity contribution in [2.75, 3.05) is 12.3 Å². The Hall–Kier alpha value is -4.99. The smallest absolute Gasteiger partial charge is 0.324 e. The number of nitrogens with one attached hydrogen (secondary N) is 2. The van der Waals surface area contributed by atoms with E-state index in [2.05, 4.69) is 20.3 Å². The number of nitrogens with two attached hydrogens (primary N) is 1. The number of non-ortho nitro benzene ring substituents is 1. The Balaban J connectivity index is 0.000000261. The molecule has 0 aliphatic carbocycles. The number of hydrogen-bond donors (Lipinski definition) is 4. The molecule has 0 saturated carbocycles. The van der Waals surface area contributed by atoms with Crippen LogP contribution in [-0.4, -0.2) is 41.4 Å². The van der Waals surface area contributed by atoms with Crippen LogP contribution in [0.5, 0.6) is 5.75 Å². The maximum absolute atomic E-state index is 11.7. The third kappa shape index (κ3) is 7.52. The number of anilines is 1. The maximum Gasteiger partial charge on any atom is 0.324 e. The summed E-state index contributed by atoms with van der Waals surface area (Å²) in [6.07, 6.45) is 5.12. The van der Waals surface area contributed by atoms with Crippen molar-refractivity contribution in [3.8, 4) is 5.75 Å². The number of aryl methyl sites for hydroxylation is 1. The molecular weight excluding hydrogens is 480 g/mol. The number of H-pyrrole nitrogens is 1.